The Hall–Kier alpha value is -2.86. The number of rotatable bonds is 5. The summed E-state index contributed by atoms with van der Waals surface area (Å²) in [5, 5.41) is 13.3. The van der Waals surface area contributed by atoms with Crippen molar-refractivity contribution in [2.45, 2.75) is 47.3 Å². The molecule has 0 spiro atoms. The molecule has 4 rings (SSSR count). The van der Waals surface area contributed by atoms with E-state index in [-0.39, 0.29) is 17.9 Å². The highest BCUT2D eigenvalue weighted by Crippen LogP contribution is 2.27. The molecule has 6 heteroatoms. The normalized spacial score (nSPS) is 15.3. The molecule has 1 fully saturated rings. The number of amides is 1. The fourth-order valence-electron chi connectivity index (χ4n) is 4.10. The third-order valence-electron chi connectivity index (χ3n) is 6.42. The van der Waals surface area contributed by atoms with Crippen LogP contribution in [0.3, 0.4) is 0 Å². The van der Waals surface area contributed by atoms with Gasteiger partial charge in [-0.25, -0.2) is 4.98 Å². The van der Waals surface area contributed by atoms with Crippen molar-refractivity contribution in [2.24, 2.45) is 5.92 Å². The van der Waals surface area contributed by atoms with Gasteiger partial charge in [0.25, 0.3) is 5.91 Å². The number of hydrogen-bond acceptors (Lipinski definition) is 4. The molecule has 0 radical (unpaired) electrons. The van der Waals surface area contributed by atoms with Crippen molar-refractivity contribution < 1.29 is 9.90 Å². The second-order valence-electron chi connectivity index (χ2n) is 8.55. The maximum atomic E-state index is 13.1. The summed E-state index contributed by atoms with van der Waals surface area (Å²) < 4.78 is 2.00. The molecule has 3 aromatic rings. The fraction of sp³-hybridized carbons (Fsp3) is 0.417. The predicted octanol–water partition coefficient (Wildman–Crippen LogP) is 3.63. The van der Waals surface area contributed by atoms with E-state index in [1.807, 2.05) is 30.5 Å². The Morgan fingerprint density at radius 3 is 2.53 bits per heavy atom. The molecular formula is C24H30N4O2. The maximum absolute atomic E-state index is 13.1. The van der Waals surface area contributed by atoms with Gasteiger partial charge >= 0.3 is 0 Å². The van der Waals surface area contributed by atoms with Gasteiger partial charge in [0.1, 0.15) is 0 Å². The van der Waals surface area contributed by atoms with E-state index < -0.39 is 0 Å². The van der Waals surface area contributed by atoms with E-state index >= 15 is 0 Å². The number of pyridine rings is 1. The lowest BCUT2D eigenvalue weighted by molar-refractivity contribution is 0.00880. The molecule has 1 atom stereocenters. The summed E-state index contributed by atoms with van der Waals surface area (Å²) in [5.41, 5.74) is 8.04. The van der Waals surface area contributed by atoms with Crippen LogP contribution in [-0.4, -0.2) is 44.5 Å². The molecule has 2 N–H and O–H groups in total. The summed E-state index contributed by atoms with van der Waals surface area (Å²) in [6.45, 7) is 11.9. The highest BCUT2D eigenvalue weighted by Gasteiger charge is 2.34. The molecule has 0 aliphatic carbocycles. The zero-order valence-electron chi connectivity index (χ0n) is 18.4. The van der Waals surface area contributed by atoms with E-state index in [2.05, 4.69) is 37.4 Å². The minimum atomic E-state index is -0.385. The lowest BCUT2D eigenvalue weighted by Crippen LogP contribution is -2.53. The number of likely N-dealkylation sites (tertiary alicyclic amines) is 1. The number of anilines is 1. The molecule has 1 aromatic carbocycles. The maximum Gasteiger partial charge on any atom is 0.255 e. The number of nitrogens with zero attached hydrogens (tertiary/aromatic N) is 3. The number of aliphatic hydroxyl groups is 1. The Labute approximate surface area is 177 Å². The van der Waals surface area contributed by atoms with E-state index in [0.717, 1.165) is 22.7 Å². The molecule has 158 valence electrons. The van der Waals surface area contributed by atoms with Gasteiger partial charge in [-0.05, 0) is 57.4 Å². The number of imidazole rings is 1. The van der Waals surface area contributed by atoms with Crippen LogP contribution in [0, 0.1) is 33.6 Å². The molecule has 2 aromatic heterocycles. The molecule has 1 amide bonds. The van der Waals surface area contributed by atoms with Crippen LogP contribution in [0.5, 0.6) is 0 Å². The first-order chi connectivity index (χ1) is 14.3. The summed E-state index contributed by atoms with van der Waals surface area (Å²) in [5.74, 6) is 0.159. The van der Waals surface area contributed by atoms with Gasteiger partial charge in [0.2, 0.25) is 0 Å². The Balaban J connectivity index is 1.66. The van der Waals surface area contributed by atoms with Gasteiger partial charge in [-0.15, -0.1) is 0 Å². The minimum Gasteiger partial charge on any atom is -0.393 e. The van der Waals surface area contributed by atoms with E-state index in [9.17, 15) is 9.90 Å². The van der Waals surface area contributed by atoms with Gasteiger partial charge in [-0.3, -0.25) is 4.79 Å². The molecule has 1 aliphatic rings. The first-order valence-electron chi connectivity index (χ1n) is 10.5. The van der Waals surface area contributed by atoms with E-state index in [4.69, 9.17) is 4.98 Å². The standard InChI is InChI=1S/C24H30N4O2/c1-14-7-6-8-15(2)21(14)10-25-22-9-19(13-28-17(4)16(3)26-23(22)28)24(30)27-11-20(12-27)18(5)29/h6-9,13,18,20,25,29H,10-12H2,1-5H3/t18-/m0/s1. The zero-order chi connectivity index (χ0) is 21.6. The second kappa shape index (κ2) is 7.76. The van der Waals surface area contributed by atoms with Crippen LogP contribution in [-0.2, 0) is 6.54 Å². The van der Waals surface area contributed by atoms with Crippen LogP contribution < -0.4 is 5.32 Å². The van der Waals surface area contributed by atoms with Crippen LogP contribution in [0.1, 0.15) is 45.4 Å². The zero-order valence-corrected chi connectivity index (χ0v) is 18.4. The average Bonchev–Trinajstić information content (AvgIpc) is 2.94. The van der Waals surface area contributed by atoms with Crippen LogP contribution >= 0.6 is 0 Å². The molecule has 0 saturated carbocycles. The first-order valence-corrected chi connectivity index (χ1v) is 10.5. The Kier molecular flexibility index (Phi) is 5.28. The molecule has 3 heterocycles. The van der Waals surface area contributed by atoms with E-state index in [0.29, 0.717) is 25.2 Å². The number of aromatic nitrogens is 2. The highest BCUT2D eigenvalue weighted by molar-refractivity contribution is 5.96. The van der Waals surface area contributed by atoms with Crippen molar-refractivity contribution in [3.8, 4) is 0 Å². The number of nitrogens with one attached hydrogen (secondary N) is 1. The Morgan fingerprint density at radius 1 is 1.23 bits per heavy atom. The van der Waals surface area contributed by atoms with Crippen molar-refractivity contribution in [1.82, 2.24) is 14.3 Å². The Bertz CT molecular complexity index is 1090. The lowest BCUT2D eigenvalue weighted by atomic mass is 9.94. The fourth-order valence-corrected chi connectivity index (χ4v) is 4.10. The lowest BCUT2D eigenvalue weighted by Gasteiger charge is -2.40. The third-order valence-corrected chi connectivity index (χ3v) is 6.42. The smallest absolute Gasteiger partial charge is 0.255 e. The minimum absolute atomic E-state index is 0.00493. The largest absolute Gasteiger partial charge is 0.393 e. The second-order valence-corrected chi connectivity index (χ2v) is 8.55. The highest BCUT2D eigenvalue weighted by atomic mass is 16.3. The monoisotopic (exact) mass is 406 g/mol. The van der Waals surface area contributed by atoms with Crippen LogP contribution in [0.15, 0.2) is 30.5 Å². The summed E-state index contributed by atoms with van der Waals surface area (Å²) in [6.07, 6.45) is 1.50. The third kappa shape index (κ3) is 3.56. The SMILES string of the molecule is Cc1cccc(C)c1CNc1cc(C(=O)N2CC([C@H](C)O)C2)cn2c(C)c(C)nc12. The Morgan fingerprint density at radius 2 is 1.90 bits per heavy atom. The van der Waals surface area contributed by atoms with Gasteiger partial charge in [0, 0.05) is 37.4 Å². The summed E-state index contributed by atoms with van der Waals surface area (Å²) >= 11 is 0. The summed E-state index contributed by atoms with van der Waals surface area (Å²) in [7, 11) is 0. The van der Waals surface area contributed by atoms with Crippen LogP contribution in [0.2, 0.25) is 0 Å². The van der Waals surface area contributed by atoms with E-state index in [1.165, 1.54) is 16.7 Å². The molecule has 6 nitrogen and oxygen atoms in total. The number of aliphatic hydroxyl groups excluding tert-OH is 1. The molecule has 0 unspecified atom stereocenters. The van der Waals surface area contributed by atoms with Gasteiger partial charge in [0.05, 0.1) is 23.0 Å². The van der Waals surface area contributed by atoms with Crippen LogP contribution in [0.4, 0.5) is 5.69 Å². The van der Waals surface area contributed by atoms with Gasteiger partial charge in [0.15, 0.2) is 5.65 Å². The van der Waals surface area contributed by atoms with Gasteiger partial charge in [-0.1, -0.05) is 18.2 Å². The van der Waals surface area contributed by atoms with Gasteiger partial charge < -0.3 is 19.7 Å². The number of carbonyl (C=O) groups excluding carboxylic acids is 1. The summed E-state index contributed by atoms with van der Waals surface area (Å²) in [6, 6.07) is 8.21. The number of aryl methyl sites for hydroxylation is 4. The number of hydrogen-bond donors (Lipinski definition) is 2. The number of benzene rings is 1. The number of carbonyl (C=O) groups is 1. The molecule has 0 bridgehead atoms. The molecular weight excluding hydrogens is 376 g/mol. The van der Waals surface area contributed by atoms with Crippen LogP contribution in [0.25, 0.3) is 5.65 Å². The summed E-state index contributed by atoms with van der Waals surface area (Å²) in [4.78, 5) is 19.6. The molecule has 1 aliphatic heterocycles. The average molecular weight is 407 g/mol. The van der Waals surface area contributed by atoms with Crippen molar-refractivity contribution in [2.75, 3.05) is 18.4 Å². The van der Waals surface area contributed by atoms with Crippen molar-refractivity contribution >= 4 is 17.2 Å². The van der Waals surface area contributed by atoms with Crippen molar-refractivity contribution in [1.29, 1.82) is 0 Å². The number of fused-ring (bicyclic) bond motifs is 1. The first kappa shape index (κ1) is 20.4. The van der Waals surface area contributed by atoms with Crippen molar-refractivity contribution in [3.05, 3.63) is 64.1 Å². The molecule has 30 heavy (non-hydrogen) atoms. The van der Waals surface area contributed by atoms with Gasteiger partial charge in [-0.2, -0.15) is 0 Å². The quantitative estimate of drug-likeness (QED) is 0.679. The molecule has 1 saturated heterocycles. The van der Waals surface area contributed by atoms with E-state index in [1.54, 1.807) is 11.8 Å². The predicted molar refractivity (Wildman–Crippen MR) is 119 cm³/mol. The van der Waals surface area contributed by atoms with Crippen molar-refractivity contribution in [3.63, 3.8) is 0 Å². The topological polar surface area (TPSA) is 69.9 Å².